The third-order valence-electron chi connectivity index (χ3n) is 3.98. The molecule has 0 radical (unpaired) electrons. The van der Waals surface area contributed by atoms with E-state index in [4.69, 9.17) is 11.6 Å². The van der Waals surface area contributed by atoms with Crippen LogP contribution in [0.4, 0.5) is 5.69 Å². The third-order valence-corrected chi connectivity index (χ3v) is 4.20. The Balaban J connectivity index is 2.17. The molecule has 1 atom stereocenters. The van der Waals surface area contributed by atoms with Gasteiger partial charge in [0, 0.05) is 30.0 Å². The maximum atomic E-state index is 5.83. The van der Waals surface area contributed by atoms with Crippen molar-refractivity contribution in [2.24, 2.45) is 5.92 Å². The zero-order chi connectivity index (χ0) is 14.4. The molecule has 2 aromatic rings. The number of fused-ring (bicyclic) bond motifs is 1. The molecule has 0 saturated heterocycles. The van der Waals surface area contributed by atoms with Gasteiger partial charge in [-0.15, -0.1) is 11.6 Å². The fourth-order valence-electron chi connectivity index (χ4n) is 2.64. The molecule has 0 spiro atoms. The Bertz CT molecular complexity index is 532. The smallest absolute Gasteiger partial charge is 0.0445 e. The third kappa shape index (κ3) is 3.67. The number of anilines is 1. The Morgan fingerprint density at radius 3 is 2.55 bits per heavy atom. The van der Waals surface area contributed by atoms with Crippen molar-refractivity contribution < 1.29 is 0 Å². The van der Waals surface area contributed by atoms with E-state index in [1.54, 1.807) is 0 Å². The molecule has 20 heavy (non-hydrogen) atoms. The Kier molecular flexibility index (Phi) is 5.72. The molecule has 1 nitrogen and oxygen atoms in total. The molecule has 0 amide bonds. The van der Waals surface area contributed by atoms with E-state index in [0.717, 1.165) is 25.4 Å². The Hall–Kier alpha value is -1.21. The average molecular weight is 290 g/mol. The molecule has 108 valence electrons. The second-order valence-corrected chi connectivity index (χ2v) is 5.83. The summed E-state index contributed by atoms with van der Waals surface area (Å²) in [5, 5.41) is 2.67. The van der Waals surface area contributed by atoms with Gasteiger partial charge in [0.25, 0.3) is 0 Å². The minimum atomic E-state index is 0.691. The second-order valence-electron chi connectivity index (χ2n) is 5.45. The number of alkyl halides is 1. The molecule has 0 fully saturated rings. The molecule has 0 heterocycles. The van der Waals surface area contributed by atoms with Gasteiger partial charge in [0.05, 0.1) is 0 Å². The summed E-state index contributed by atoms with van der Waals surface area (Å²) >= 11 is 5.83. The topological polar surface area (TPSA) is 3.24 Å². The summed E-state index contributed by atoms with van der Waals surface area (Å²) < 4.78 is 0. The van der Waals surface area contributed by atoms with Crippen LogP contribution in [0, 0.1) is 5.92 Å². The largest absolute Gasteiger partial charge is 0.371 e. The molecule has 2 aromatic carbocycles. The van der Waals surface area contributed by atoms with E-state index in [1.165, 1.54) is 22.9 Å². The average Bonchev–Trinajstić information content (AvgIpc) is 2.48. The molecule has 2 rings (SSSR count). The minimum absolute atomic E-state index is 0.691. The summed E-state index contributed by atoms with van der Waals surface area (Å²) in [5.41, 5.74) is 1.35. The molecule has 1 unspecified atom stereocenters. The predicted octanol–water partition coefficient (Wildman–Crippen LogP) is 5.32. The van der Waals surface area contributed by atoms with Crippen molar-refractivity contribution in [3.63, 3.8) is 0 Å². The van der Waals surface area contributed by atoms with E-state index < -0.39 is 0 Å². The van der Waals surface area contributed by atoms with E-state index in [9.17, 15) is 0 Å². The van der Waals surface area contributed by atoms with Gasteiger partial charge in [-0.1, -0.05) is 43.3 Å². The maximum Gasteiger partial charge on any atom is 0.0445 e. The van der Waals surface area contributed by atoms with Crippen molar-refractivity contribution in [1.29, 1.82) is 0 Å². The van der Waals surface area contributed by atoms with Crippen LogP contribution in [0.25, 0.3) is 10.8 Å². The number of hydrogen-bond donors (Lipinski definition) is 0. The van der Waals surface area contributed by atoms with E-state index in [0.29, 0.717) is 5.92 Å². The van der Waals surface area contributed by atoms with Gasteiger partial charge >= 0.3 is 0 Å². The van der Waals surface area contributed by atoms with Crippen molar-refractivity contribution >= 4 is 28.1 Å². The predicted molar refractivity (Wildman–Crippen MR) is 91.0 cm³/mol. The molecule has 0 aliphatic rings. The van der Waals surface area contributed by atoms with Crippen molar-refractivity contribution in [2.75, 3.05) is 23.9 Å². The van der Waals surface area contributed by atoms with Crippen LogP contribution < -0.4 is 4.90 Å². The van der Waals surface area contributed by atoms with Crippen molar-refractivity contribution in [3.05, 3.63) is 42.5 Å². The molecule has 2 heteroatoms. The number of halogens is 1. The van der Waals surface area contributed by atoms with E-state index >= 15 is 0 Å². The number of nitrogens with zero attached hydrogens (tertiary/aromatic N) is 1. The van der Waals surface area contributed by atoms with Crippen LogP contribution in [0.1, 0.15) is 26.7 Å². The fourth-order valence-corrected chi connectivity index (χ4v) is 3.01. The van der Waals surface area contributed by atoms with Crippen molar-refractivity contribution in [3.8, 4) is 0 Å². The Morgan fingerprint density at radius 2 is 1.80 bits per heavy atom. The summed E-state index contributed by atoms with van der Waals surface area (Å²) in [5.74, 6) is 1.46. The van der Waals surface area contributed by atoms with Gasteiger partial charge in [-0.3, -0.25) is 0 Å². The lowest BCUT2D eigenvalue weighted by molar-refractivity contribution is 0.515. The molecular weight excluding hydrogens is 266 g/mol. The van der Waals surface area contributed by atoms with Gasteiger partial charge in [0.15, 0.2) is 0 Å². The highest BCUT2D eigenvalue weighted by Gasteiger charge is 2.10. The van der Waals surface area contributed by atoms with Crippen molar-refractivity contribution in [1.82, 2.24) is 0 Å². The van der Waals surface area contributed by atoms with Gasteiger partial charge in [0.1, 0.15) is 0 Å². The molecule has 0 aliphatic heterocycles. The Morgan fingerprint density at radius 1 is 1.05 bits per heavy atom. The van der Waals surface area contributed by atoms with Gasteiger partial charge < -0.3 is 4.90 Å². The van der Waals surface area contributed by atoms with Crippen molar-refractivity contribution in [2.45, 2.75) is 26.7 Å². The lowest BCUT2D eigenvalue weighted by Gasteiger charge is -2.26. The summed E-state index contributed by atoms with van der Waals surface area (Å²) in [7, 11) is 0. The summed E-state index contributed by atoms with van der Waals surface area (Å²) in [6.07, 6.45) is 2.30. The fraction of sp³-hybridized carbons (Fsp3) is 0.444. The molecule has 0 saturated carbocycles. The first kappa shape index (κ1) is 15.2. The zero-order valence-electron chi connectivity index (χ0n) is 12.5. The summed E-state index contributed by atoms with van der Waals surface area (Å²) in [4.78, 5) is 2.48. The molecule has 0 N–H and O–H groups in total. The highest BCUT2D eigenvalue weighted by atomic mass is 35.5. The first-order valence-corrected chi connectivity index (χ1v) is 8.08. The quantitative estimate of drug-likeness (QED) is 0.623. The van der Waals surface area contributed by atoms with Crippen LogP contribution in [0.2, 0.25) is 0 Å². The number of benzene rings is 2. The van der Waals surface area contributed by atoms with E-state index in [2.05, 4.69) is 61.2 Å². The first-order valence-electron chi connectivity index (χ1n) is 7.55. The molecule has 0 aromatic heterocycles. The van der Waals surface area contributed by atoms with Crippen LogP contribution in [-0.2, 0) is 0 Å². The van der Waals surface area contributed by atoms with Crippen LogP contribution in [0.3, 0.4) is 0 Å². The lowest BCUT2D eigenvalue weighted by atomic mass is 10.0. The zero-order valence-corrected chi connectivity index (χ0v) is 13.2. The maximum absolute atomic E-state index is 5.83. The standard InChI is InChI=1S/C18H24ClN/c1-3-20(14-12-15(2)11-13-19)18-10-6-8-16-7-4-5-9-17(16)18/h4-10,15H,3,11-14H2,1-2H3. The summed E-state index contributed by atoms with van der Waals surface area (Å²) in [6.45, 7) is 6.66. The number of rotatable bonds is 7. The molecular formula is C18H24ClN. The van der Waals surface area contributed by atoms with Crippen LogP contribution in [-0.4, -0.2) is 19.0 Å². The highest BCUT2D eigenvalue weighted by molar-refractivity contribution is 6.17. The normalized spacial score (nSPS) is 12.6. The van der Waals surface area contributed by atoms with E-state index in [-0.39, 0.29) is 0 Å². The monoisotopic (exact) mass is 289 g/mol. The van der Waals surface area contributed by atoms with Gasteiger partial charge in [0.2, 0.25) is 0 Å². The molecule has 0 bridgehead atoms. The second kappa shape index (κ2) is 7.54. The Labute approximate surface area is 127 Å². The van der Waals surface area contributed by atoms with E-state index in [1.807, 2.05) is 0 Å². The van der Waals surface area contributed by atoms with Crippen LogP contribution >= 0.6 is 11.6 Å². The van der Waals surface area contributed by atoms with Gasteiger partial charge in [-0.05, 0) is 37.1 Å². The number of hydrogen-bond acceptors (Lipinski definition) is 1. The first-order chi connectivity index (χ1) is 9.76. The SMILES string of the molecule is CCN(CCC(C)CCCl)c1cccc2ccccc12. The van der Waals surface area contributed by atoms with Crippen LogP contribution in [0.5, 0.6) is 0 Å². The highest BCUT2D eigenvalue weighted by Crippen LogP contribution is 2.27. The minimum Gasteiger partial charge on any atom is -0.371 e. The molecule has 0 aliphatic carbocycles. The van der Waals surface area contributed by atoms with Crippen LogP contribution in [0.15, 0.2) is 42.5 Å². The summed E-state index contributed by atoms with van der Waals surface area (Å²) in [6, 6.07) is 15.2. The lowest BCUT2D eigenvalue weighted by Crippen LogP contribution is -2.25. The van der Waals surface area contributed by atoms with Gasteiger partial charge in [-0.2, -0.15) is 0 Å². The van der Waals surface area contributed by atoms with Gasteiger partial charge in [-0.25, -0.2) is 0 Å².